The maximum Gasteiger partial charge on any atom is 0.240 e. The molecule has 1 fully saturated rings. The number of anilines is 1. The Kier molecular flexibility index (Phi) is 10.7. The van der Waals surface area contributed by atoms with Crippen LogP contribution in [-0.2, 0) is 24.3 Å². The molecule has 0 aromatic heterocycles. The Morgan fingerprint density at radius 3 is 2.43 bits per heavy atom. The highest BCUT2D eigenvalue weighted by molar-refractivity contribution is 7.89. The Balaban J connectivity index is 1.55. The zero-order valence-corrected chi connectivity index (χ0v) is 23.3. The second-order valence-electron chi connectivity index (χ2n) is 10.5. The SMILES string of the molecule is CC(=O)Nc1ccc(S(=O)(=O)NCC2C=C(C)C(CC(=O)NCCN3CCOCC3)CC2C(C)C)cc1. The van der Waals surface area contributed by atoms with Crippen molar-refractivity contribution >= 4 is 27.5 Å². The minimum Gasteiger partial charge on any atom is -0.379 e. The number of sulfonamides is 1. The number of hydrogen-bond donors (Lipinski definition) is 3. The molecular formula is C27H42N4O5S. The second kappa shape index (κ2) is 13.5. The summed E-state index contributed by atoms with van der Waals surface area (Å²) in [4.78, 5) is 26.3. The number of carbonyl (C=O) groups is 2. The molecule has 0 bridgehead atoms. The van der Waals surface area contributed by atoms with Gasteiger partial charge in [-0.05, 0) is 61.3 Å². The summed E-state index contributed by atoms with van der Waals surface area (Å²) in [5, 5.41) is 5.70. The van der Waals surface area contributed by atoms with E-state index in [1.54, 1.807) is 12.1 Å². The van der Waals surface area contributed by atoms with Crippen LogP contribution in [0.15, 0.2) is 40.8 Å². The fourth-order valence-corrected chi connectivity index (χ4v) is 6.26. The first kappa shape index (κ1) is 29.3. The van der Waals surface area contributed by atoms with Crippen molar-refractivity contribution < 1.29 is 22.7 Å². The summed E-state index contributed by atoms with van der Waals surface area (Å²) in [5.41, 5.74) is 1.69. The zero-order valence-electron chi connectivity index (χ0n) is 22.5. The predicted molar refractivity (Wildman–Crippen MR) is 145 cm³/mol. The fraction of sp³-hybridized carbons (Fsp3) is 0.630. The normalized spacial score (nSPS) is 22.9. The van der Waals surface area contributed by atoms with Crippen molar-refractivity contribution in [3.8, 4) is 0 Å². The van der Waals surface area contributed by atoms with Gasteiger partial charge in [0.05, 0.1) is 18.1 Å². The molecule has 0 radical (unpaired) electrons. The van der Waals surface area contributed by atoms with E-state index in [4.69, 9.17) is 4.74 Å². The van der Waals surface area contributed by atoms with Crippen LogP contribution in [0, 0.1) is 23.7 Å². The number of nitrogens with zero attached hydrogens (tertiary/aromatic N) is 1. The van der Waals surface area contributed by atoms with Gasteiger partial charge in [0.1, 0.15) is 0 Å². The van der Waals surface area contributed by atoms with Crippen molar-refractivity contribution in [2.75, 3.05) is 51.3 Å². The van der Waals surface area contributed by atoms with Crippen molar-refractivity contribution in [2.45, 2.75) is 45.4 Å². The molecule has 3 unspecified atom stereocenters. The van der Waals surface area contributed by atoms with E-state index in [1.165, 1.54) is 19.1 Å². The molecule has 9 nitrogen and oxygen atoms in total. The number of nitrogens with one attached hydrogen (secondary N) is 3. The molecule has 1 aliphatic carbocycles. The highest BCUT2D eigenvalue weighted by atomic mass is 32.2. The summed E-state index contributed by atoms with van der Waals surface area (Å²) in [6.45, 7) is 12.8. The molecule has 3 rings (SSSR count). The lowest BCUT2D eigenvalue weighted by atomic mass is 9.70. The Morgan fingerprint density at radius 1 is 1.14 bits per heavy atom. The van der Waals surface area contributed by atoms with Gasteiger partial charge in [-0.1, -0.05) is 25.5 Å². The van der Waals surface area contributed by atoms with Crippen molar-refractivity contribution in [3.05, 3.63) is 35.9 Å². The minimum atomic E-state index is -3.69. The smallest absolute Gasteiger partial charge is 0.240 e. The molecule has 1 heterocycles. The number of hydrogen-bond acceptors (Lipinski definition) is 6. The molecule has 0 spiro atoms. The Morgan fingerprint density at radius 2 is 1.81 bits per heavy atom. The average molecular weight is 535 g/mol. The van der Waals surface area contributed by atoms with E-state index < -0.39 is 10.0 Å². The van der Waals surface area contributed by atoms with E-state index in [0.717, 1.165) is 44.8 Å². The van der Waals surface area contributed by atoms with E-state index in [1.807, 2.05) is 6.92 Å². The van der Waals surface area contributed by atoms with Crippen LogP contribution in [0.2, 0.25) is 0 Å². The number of amides is 2. The van der Waals surface area contributed by atoms with Gasteiger partial charge in [0.2, 0.25) is 21.8 Å². The molecule has 1 aliphatic heterocycles. The van der Waals surface area contributed by atoms with Crippen LogP contribution in [0.3, 0.4) is 0 Å². The fourth-order valence-electron chi connectivity index (χ4n) is 5.19. The summed E-state index contributed by atoms with van der Waals surface area (Å²) in [7, 11) is -3.69. The molecule has 2 aliphatic rings. The van der Waals surface area contributed by atoms with Crippen molar-refractivity contribution in [1.29, 1.82) is 0 Å². The maximum atomic E-state index is 12.9. The molecule has 2 amide bonds. The number of rotatable bonds is 11. The first-order chi connectivity index (χ1) is 17.5. The lowest BCUT2D eigenvalue weighted by Gasteiger charge is -2.37. The monoisotopic (exact) mass is 534 g/mol. The highest BCUT2D eigenvalue weighted by Gasteiger charge is 2.33. The zero-order chi connectivity index (χ0) is 27.0. The summed E-state index contributed by atoms with van der Waals surface area (Å²) in [5.74, 6) is 0.674. The third-order valence-corrected chi connectivity index (χ3v) is 8.80. The first-order valence-electron chi connectivity index (χ1n) is 13.2. The van der Waals surface area contributed by atoms with Crippen LogP contribution in [0.1, 0.15) is 40.5 Å². The summed E-state index contributed by atoms with van der Waals surface area (Å²) in [6, 6.07) is 6.13. The lowest BCUT2D eigenvalue weighted by Crippen LogP contribution is -2.42. The van der Waals surface area contributed by atoms with Crippen LogP contribution in [-0.4, -0.2) is 71.1 Å². The number of ether oxygens (including phenoxy) is 1. The van der Waals surface area contributed by atoms with Gasteiger partial charge < -0.3 is 15.4 Å². The van der Waals surface area contributed by atoms with Gasteiger partial charge in [0.15, 0.2) is 0 Å². The van der Waals surface area contributed by atoms with Gasteiger partial charge in [0.25, 0.3) is 0 Å². The maximum absolute atomic E-state index is 12.9. The molecular weight excluding hydrogens is 492 g/mol. The highest BCUT2D eigenvalue weighted by Crippen LogP contribution is 2.38. The Hall–Kier alpha value is -2.27. The standard InChI is InChI=1S/C27H42N4O5S/c1-19(2)26-16-22(17-27(33)28-9-10-31-11-13-36-14-12-31)20(3)15-23(26)18-29-37(34,35)25-7-5-24(6-8-25)30-21(4)32/h5-8,15,19,22-23,26,29H,9-14,16-18H2,1-4H3,(H,28,33)(H,30,32). The third-order valence-electron chi connectivity index (χ3n) is 7.36. The summed E-state index contributed by atoms with van der Waals surface area (Å²) >= 11 is 0. The molecule has 3 atom stereocenters. The van der Waals surface area contributed by atoms with Crippen LogP contribution in [0.4, 0.5) is 5.69 Å². The number of allylic oxidation sites excluding steroid dienone is 1. The quantitative estimate of drug-likeness (QED) is 0.376. The summed E-state index contributed by atoms with van der Waals surface area (Å²) in [6.07, 6.45) is 3.46. The van der Waals surface area contributed by atoms with Crippen LogP contribution in [0.5, 0.6) is 0 Å². The second-order valence-corrected chi connectivity index (χ2v) is 12.2. The molecule has 206 valence electrons. The van der Waals surface area contributed by atoms with E-state index in [9.17, 15) is 18.0 Å². The Bertz CT molecular complexity index is 1050. The molecule has 10 heteroatoms. The summed E-state index contributed by atoms with van der Waals surface area (Å²) < 4.78 is 34.0. The van der Waals surface area contributed by atoms with E-state index in [-0.39, 0.29) is 34.5 Å². The van der Waals surface area contributed by atoms with Gasteiger partial charge >= 0.3 is 0 Å². The van der Waals surface area contributed by atoms with Crippen molar-refractivity contribution in [1.82, 2.24) is 14.9 Å². The van der Waals surface area contributed by atoms with E-state index in [0.29, 0.717) is 31.1 Å². The number of carbonyl (C=O) groups excluding carboxylic acids is 2. The van der Waals surface area contributed by atoms with Gasteiger partial charge in [-0.2, -0.15) is 0 Å². The predicted octanol–water partition coefficient (Wildman–Crippen LogP) is 2.62. The van der Waals surface area contributed by atoms with Crippen molar-refractivity contribution in [2.24, 2.45) is 23.7 Å². The van der Waals surface area contributed by atoms with Crippen molar-refractivity contribution in [3.63, 3.8) is 0 Å². The molecule has 3 N–H and O–H groups in total. The average Bonchev–Trinajstić information content (AvgIpc) is 2.84. The first-order valence-corrected chi connectivity index (χ1v) is 14.7. The molecule has 37 heavy (non-hydrogen) atoms. The lowest BCUT2D eigenvalue weighted by molar-refractivity contribution is -0.122. The molecule has 1 aromatic rings. The third kappa shape index (κ3) is 8.91. The molecule has 0 saturated carbocycles. The largest absolute Gasteiger partial charge is 0.379 e. The molecule has 1 aromatic carbocycles. The molecule has 1 saturated heterocycles. The van der Waals surface area contributed by atoms with Gasteiger partial charge in [0, 0.05) is 51.8 Å². The van der Waals surface area contributed by atoms with Gasteiger partial charge in [-0.3, -0.25) is 14.5 Å². The topological polar surface area (TPSA) is 117 Å². The van der Waals surface area contributed by atoms with Gasteiger partial charge in [-0.25, -0.2) is 13.1 Å². The van der Waals surface area contributed by atoms with Crippen LogP contribution in [0.25, 0.3) is 0 Å². The van der Waals surface area contributed by atoms with E-state index >= 15 is 0 Å². The van der Waals surface area contributed by atoms with Crippen LogP contribution >= 0.6 is 0 Å². The minimum absolute atomic E-state index is 0.0501. The van der Waals surface area contributed by atoms with Crippen LogP contribution < -0.4 is 15.4 Å². The number of benzene rings is 1. The number of morpholine rings is 1. The van der Waals surface area contributed by atoms with E-state index in [2.05, 4.69) is 40.2 Å². The Labute approximate surface area is 221 Å². The van der Waals surface area contributed by atoms with Gasteiger partial charge in [-0.15, -0.1) is 0 Å².